The summed E-state index contributed by atoms with van der Waals surface area (Å²) in [6.07, 6.45) is 8.74. The van der Waals surface area contributed by atoms with E-state index in [4.69, 9.17) is 0 Å². The van der Waals surface area contributed by atoms with Gasteiger partial charge in [0.2, 0.25) is 5.91 Å². The van der Waals surface area contributed by atoms with Crippen molar-refractivity contribution in [3.63, 3.8) is 0 Å². The molecule has 6 nitrogen and oxygen atoms in total. The van der Waals surface area contributed by atoms with E-state index >= 15 is 0 Å². The summed E-state index contributed by atoms with van der Waals surface area (Å²) in [5.41, 5.74) is 4.27. The fraction of sp³-hybridized carbons (Fsp3) is 0.286. The second-order valence-corrected chi connectivity index (χ2v) is 7.01. The Hall–Kier alpha value is -3.15. The monoisotopic (exact) mass is 361 g/mol. The first-order chi connectivity index (χ1) is 13.2. The lowest BCUT2D eigenvalue weighted by atomic mass is 10.1. The fourth-order valence-corrected chi connectivity index (χ4v) is 3.48. The largest absolute Gasteiger partial charge is 0.368 e. The molecule has 0 saturated carbocycles. The number of anilines is 1. The zero-order chi connectivity index (χ0) is 18.6. The van der Waals surface area contributed by atoms with Crippen molar-refractivity contribution < 1.29 is 4.79 Å². The van der Waals surface area contributed by atoms with Crippen molar-refractivity contribution in [2.75, 3.05) is 18.0 Å². The number of carbonyl (C=O) groups excluding carboxylic acids is 1. The van der Waals surface area contributed by atoms with Crippen LogP contribution in [0, 0.1) is 6.92 Å². The van der Waals surface area contributed by atoms with Gasteiger partial charge < -0.3 is 10.2 Å². The van der Waals surface area contributed by atoms with Crippen LogP contribution in [0.5, 0.6) is 0 Å². The summed E-state index contributed by atoms with van der Waals surface area (Å²) in [6, 6.07) is 12.1. The highest BCUT2D eigenvalue weighted by atomic mass is 16.1. The van der Waals surface area contributed by atoms with Crippen LogP contribution in [0.1, 0.15) is 17.5 Å². The lowest BCUT2D eigenvalue weighted by Gasteiger charge is -2.19. The van der Waals surface area contributed by atoms with Crippen molar-refractivity contribution in [2.24, 2.45) is 0 Å². The lowest BCUT2D eigenvalue weighted by molar-refractivity contribution is -0.121. The van der Waals surface area contributed by atoms with Crippen LogP contribution in [0.3, 0.4) is 0 Å². The van der Waals surface area contributed by atoms with E-state index in [0.717, 1.165) is 42.0 Å². The molecule has 0 unspecified atom stereocenters. The molecule has 1 aromatic carbocycles. The first kappa shape index (κ1) is 17.3. The van der Waals surface area contributed by atoms with E-state index in [0.29, 0.717) is 6.42 Å². The molecule has 0 spiro atoms. The van der Waals surface area contributed by atoms with Crippen molar-refractivity contribution >= 4 is 11.6 Å². The number of nitrogens with one attached hydrogen (secondary N) is 1. The predicted octanol–water partition coefficient (Wildman–Crippen LogP) is 2.51. The van der Waals surface area contributed by atoms with Gasteiger partial charge in [-0.1, -0.05) is 12.1 Å². The van der Waals surface area contributed by atoms with Gasteiger partial charge >= 0.3 is 0 Å². The summed E-state index contributed by atoms with van der Waals surface area (Å²) < 4.78 is 1.80. The molecular formula is C21H23N5O. The summed E-state index contributed by atoms with van der Waals surface area (Å²) in [7, 11) is 0. The second kappa shape index (κ2) is 7.61. The van der Waals surface area contributed by atoms with Crippen LogP contribution in [0.4, 0.5) is 5.69 Å². The number of amides is 1. The number of carbonyl (C=O) groups is 1. The Morgan fingerprint density at radius 3 is 2.81 bits per heavy atom. The smallest absolute Gasteiger partial charge is 0.224 e. The molecule has 2 aromatic heterocycles. The van der Waals surface area contributed by atoms with Gasteiger partial charge in [-0.2, -0.15) is 5.10 Å². The molecule has 3 aromatic rings. The van der Waals surface area contributed by atoms with Crippen molar-refractivity contribution in [2.45, 2.75) is 25.8 Å². The van der Waals surface area contributed by atoms with Crippen LogP contribution < -0.4 is 10.2 Å². The van der Waals surface area contributed by atoms with Crippen LogP contribution >= 0.6 is 0 Å². The van der Waals surface area contributed by atoms with Gasteiger partial charge in [0.05, 0.1) is 24.0 Å². The third kappa shape index (κ3) is 4.16. The molecule has 1 amide bonds. The summed E-state index contributed by atoms with van der Waals surface area (Å²) >= 11 is 0. The molecule has 1 atom stereocenters. The molecule has 0 radical (unpaired) electrons. The Morgan fingerprint density at radius 2 is 2.07 bits per heavy atom. The molecule has 1 saturated heterocycles. The molecular weight excluding hydrogens is 338 g/mol. The standard InChI is InChI=1S/C21H23N5O/c1-16-11-20(14-22-13-16)25-10-7-18(15-25)24-21(27)12-17-3-5-19(6-4-17)26-9-2-8-23-26/h2-6,8-9,11,13-14,18H,7,10,12,15H2,1H3,(H,24,27)/t18-/m1/s1. The molecule has 1 aliphatic rings. The Labute approximate surface area is 158 Å². The predicted molar refractivity (Wildman–Crippen MR) is 105 cm³/mol. The fourth-order valence-electron chi connectivity index (χ4n) is 3.48. The molecule has 27 heavy (non-hydrogen) atoms. The zero-order valence-corrected chi connectivity index (χ0v) is 15.4. The Balaban J connectivity index is 1.31. The summed E-state index contributed by atoms with van der Waals surface area (Å²) in [5.74, 6) is 0.0658. The second-order valence-electron chi connectivity index (χ2n) is 7.01. The number of aromatic nitrogens is 3. The number of aryl methyl sites for hydroxylation is 1. The maximum absolute atomic E-state index is 12.4. The number of benzene rings is 1. The lowest BCUT2D eigenvalue weighted by Crippen LogP contribution is -2.38. The molecule has 6 heteroatoms. The molecule has 1 N–H and O–H groups in total. The van der Waals surface area contributed by atoms with E-state index in [1.807, 2.05) is 55.8 Å². The number of rotatable bonds is 5. The van der Waals surface area contributed by atoms with Crippen LogP contribution in [0.2, 0.25) is 0 Å². The van der Waals surface area contributed by atoms with Crippen LogP contribution in [0.15, 0.2) is 61.2 Å². The third-order valence-corrected chi connectivity index (χ3v) is 4.85. The van der Waals surface area contributed by atoms with E-state index < -0.39 is 0 Å². The maximum Gasteiger partial charge on any atom is 0.224 e. The van der Waals surface area contributed by atoms with Crippen molar-refractivity contribution in [3.05, 3.63) is 72.3 Å². The van der Waals surface area contributed by atoms with Gasteiger partial charge in [0.25, 0.3) is 0 Å². The van der Waals surface area contributed by atoms with E-state index in [-0.39, 0.29) is 11.9 Å². The van der Waals surface area contributed by atoms with Gasteiger partial charge in [0, 0.05) is 37.7 Å². The van der Waals surface area contributed by atoms with Gasteiger partial charge in [-0.25, -0.2) is 4.68 Å². The van der Waals surface area contributed by atoms with Crippen molar-refractivity contribution in [1.29, 1.82) is 0 Å². The normalized spacial score (nSPS) is 16.5. The Kier molecular flexibility index (Phi) is 4.87. The number of pyridine rings is 1. The maximum atomic E-state index is 12.4. The minimum atomic E-state index is 0.0658. The molecule has 138 valence electrons. The van der Waals surface area contributed by atoms with Crippen molar-refractivity contribution in [1.82, 2.24) is 20.1 Å². The number of nitrogens with zero attached hydrogens (tertiary/aromatic N) is 4. The highest BCUT2D eigenvalue weighted by Crippen LogP contribution is 2.20. The Morgan fingerprint density at radius 1 is 1.22 bits per heavy atom. The molecule has 0 aliphatic carbocycles. The summed E-state index contributed by atoms with van der Waals surface area (Å²) in [6.45, 7) is 3.81. The summed E-state index contributed by atoms with van der Waals surface area (Å²) in [5, 5.41) is 7.38. The first-order valence-corrected chi connectivity index (χ1v) is 9.22. The average molecular weight is 361 g/mol. The highest BCUT2D eigenvalue weighted by molar-refractivity contribution is 5.79. The van der Waals surface area contributed by atoms with Gasteiger partial charge in [-0.3, -0.25) is 9.78 Å². The van der Waals surface area contributed by atoms with Gasteiger partial charge in [0.1, 0.15) is 0 Å². The van der Waals surface area contributed by atoms with E-state index in [1.165, 1.54) is 0 Å². The van der Waals surface area contributed by atoms with Gasteiger partial charge in [-0.05, 0) is 48.7 Å². The van der Waals surface area contributed by atoms with Crippen LogP contribution in [-0.2, 0) is 11.2 Å². The minimum Gasteiger partial charge on any atom is -0.368 e. The minimum absolute atomic E-state index is 0.0658. The Bertz CT molecular complexity index is 905. The third-order valence-electron chi connectivity index (χ3n) is 4.85. The van der Waals surface area contributed by atoms with E-state index in [2.05, 4.69) is 26.4 Å². The van der Waals surface area contributed by atoms with Gasteiger partial charge in [-0.15, -0.1) is 0 Å². The molecule has 4 rings (SSSR count). The zero-order valence-electron chi connectivity index (χ0n) is 15.4. The molecule has 0 bridgehead atoms. The highest BCUT2D eigenvalue weighted by Gasteiger charge is 2.24. The quantitative estimate of drug-likeness (QED) is 0.758. The SMILES string of the molecule is Cc1cncc(N2CC[C@@H](NC(=O)Cc3ccc(-n4cccn4)cc3)C2)c1. The topological polar surface area (TPSA) is 63.1 Å². The van der Waals surface area contributed by atoms with Crippen LogP contribution in [-0.4, -0.2) is 39.8 Å². The van der Waals surface area contributed by atoms with Crippen LogP contribution in [0.25, 0.3) is 5.69 Å². The molecule has 3 heterocycles. The summed E-state index contributed by atoms with van der Waals surface area (Å²) in [4.78, 5) is 19.0. The number of hydrogen-bond donors (Lipinski definition) is 1. The van der Waals surface area contributed by atoms with E-state index in [9.17, 15) is 4.79 Å². The van der Waals surface area contributed by atoms with Gasteiger partial charge in [0.15, 0.2) is 0 Å². The first-order valence-electron chi connectivity index (χ1n) is 9.22. The molecule has 1 aliphatic heterocycles. The average Bonchev–Trinajstić information content (AvgIpc) is 3.34. The molecule has 1 fully saturated rings. The van der Waals surface area contributed by atoms with E-state index in [1.54, 1.807) is 10.9 Å². The van der Waals surface area contributed by atoms with Crippen molar-refractivity contribution in [3.8, 4) is 5.69 Å². The number of hydrogen-bond acceptors (Lipinski definition) is 4.